The number of urea groups is 1. The Morgan fingerprint density at radius 2 is 1.56 bits per heavy atom. The third kappa shape index (κ3) is 3.68. The zero-order chi connectivity index (χ0) is 22.3. The Morgan fingerprint density at radius 3 is 2.28 bits per heavy atom. The number of piperazine rings is 1. The highest BCUT2D eigenvalue weighted by molar-refractivity contribution is 7.89. The van der Waals surface area contributed by atoms with Crippen LogP contribution in [-0.4, -0.2) is 72.8 Å². The highest BCUT2D eigenvalue weighted by atomic mass is 32.2. The van der Waals surface area contributed by atoms with Gasteiger partial charge in [0.2, 0.25) is 10.0 Å². The van der Waals surface area contributed by atoms with Gasteiger partial charge in [0.1, 0.15) is 5.54 Å². The van der Waals surface area contributed by atoms with Crippen molar-refractivity contribution >= 4 is 32.7 Å². The van der Waals surface area contributed by atoms with Gasteiger partial charge in [-0.15, -0.1) is 0 Å². The van der Waals surface area contributed by atoms with Crippen molar-refractivity contribution in [2.75, 3.05) is 32.8 Å². The summed E-state index contributed by atoms with van der Waals surface area (Å²) >= 11 is 0. The van der Waals surface area contributed by atoms with Gasteiger partial charge >= 0.3 is 6.03 Å². The molecule has 8 nitrogen and oxygen atoms in total. The molecule has 1 N–H and O–H groups in total. The summed E-state index contributed by atoms with van der Waals surface area (Å²) in [4.78, 5) is 29.1. The van der Waals surface area contributed by atoms with Gasteiger partial charge in [0, 0.05) is 26.2 Å². The molecule has 0 bridgehead atoms. The topological polar surface area (TPSA) is 90.0 Å². The van der Waals surface area contributed by atoms with Crippen LogP contribution in [0.4, 0.5) is 4.79 Å². The normalized spacial score (nSPS) is 22.6. The molecule has 9 heteroatoms. The van der Waals surface area contributed by atoms with Crippen molar-refractivity contribution in [1.29, 1.82) is 0 Å². The minimum atomic E-state index is -3.60. The predicted octanol–water partition coefficient (Wildman–Crippen LogP) is 2.36. The molecule has 0 atom stereocenters. The Morgan fingerprint density at radius 1 is 0.875 bits per heavy atom. The summed E-state index contributed by atoms with van der Waals surface area (Å²) in [5.41, 5.74) is -0.726. The molecule has 1 saturated carbocycles. The lowest BCUT2D eigenvalue weighted by molar-refractivity contribution is -0.134. The minimum absolute atomic E-state index is 0.131. The quantitative estimate of drug-likeness (QED) is 0.714. The van der Waals surface area contributed by atoms with E-state index in [1.165, 1.54) is 9.21 Å². The van der Waals surface area contributed by atoms with E-state index < -0.39 is 15.6 Å². The summed E-state index contributed by atoms with van der Waals surface area (Å²) in [7, 11) is -3.60. The van der Waals surface area contributed by atoms with Crippen LogP contribution in [0, 0.1) is 0 Å². The number of nitrogens with one attached hydrogen (secondary N) is 1. The third-order valence-corrected chi connectivity index (χ3v) is 8.88. The van der Waals surface area contributed by atoms with E-state index in [2.05, 4.69) is 5.32 Å². The fraction of sp³-hybridized carbons (Fsp3) is 0.478. The van der Waals surface area contributed by atoms with Gasteiger partial charge < -0.3 is 5.32 Å². The largest absolute Gasteiger partial charge is 0.326 e. The summed E-state index contributed by atoms with van der Waals surface area (Å²) in [6, 6.07) is 12.6. The number of benzene rings is 2. The van der Waals surface area contributed by atoms with E-state index in [4.69, 9.17) is 0 Å². The van der Waals surface area contributed by atoms with Crippen molar-refractivity contribution in [1.82, 2.24) is 19.4 Å². The average Bonchev–Trinajstić information content (AvgIpc) is 3.03. The standard InChI is InChI=1S/C23H28N4O4S/c28-21-23(10-4-1-5-11-23)24-22(29)27(21)17-25-12-14-26(15-13-25)32(30,31)20-9-8-18-6-2-3-7-19(18)16-20/h2-3,6-9,16H,1,4-5,10-15,17H2,(H,24,29). The van der Waals surface area contributed by atoms with Crippen LogP contribution in [0.2, 0.25) is 0 Å². The first-order chi connectivity index (χ1) is 15.4. The van der Waals surface area contributed by atoms with E-state index in [0.29, 0.717) is 39.0 Å². The van der Waals surface area contributed by atoms with Gasteiger partial charge in [0.05, 0.1) is 11.6 Å². The lowest BCUT2D eigenvalue weighted by atomic mass is 9.82. The fourth-order valence-corrected chi connectivity index (χ4v) is 6.55. The van der Waals surface area contributed by atoms with Crippen LogP contribution in [0.25, 0.3) is 10.8 Å². The molecule has 5 rings (SSSR count). The molecule has 3 aliphatic rings. The number of imide groups is 1. The first-order valence-electron chi connectivity index (χ1n) is 11.2. The van der Waals surface area contributed by atoms with Crippen molar-refractivity contribution in [3.8, 4) is 0 Å². The van der Waals surface area contributed by atoms with E-state index in [0.717, 1.165) is 30.0 Å². The van der Waals surface area contributed by atoms with Crippen molar-refractivity contribution in [2.45, 2.75) is 42.5 Å². The molecule has 0 unspecified atom stereocenters. The number of fused-ring (bicyclic) bond motifs is 1. The van der Waals surface area contributed by atoms with Gasteiger partial charge in [-0.3, -0.25) is 9.69 Å². The molecule has 2 heterocycles. The number of nitrogens with zero attached hydrogens (tertiary/aromatic N) is 3. The van der Waals surface area contributed by atoms with E-state index in [9.17, 15) is 18.0 Å². The molecule has 0 aromatic heterocycles. The number of carbonyl (C=O) groups excluding carboxylic acids is 2. The Kier molecular flexibility index (Phi) is 5.43. The molecule has 2 aromatic carbocycles. The molecule has 3 fully saturated rings. The number of carbonyl (C=O) groups is 2. The Bertz CT molecular complexity index is 1150. The van der Waals surface area contributed by atoms with Gasteiger partial charge in [-0.1, -0.05) is 49.6 Å². The molecule has 170 valence electrons. The summed E-state index contributed by atoms with van der Waals surface area (Å²) < 4.78 is 27.8. The molecule has 1 aliphatic carbocycles. The number of sulfonamides is 1. The van der Waals surface area contributed by atoms with Gasteiger partial charge in [0.25, 0.3) is 5.91 Å². The average molecular weight is 457 g/mol. The highest BCUT2D eigenvalue weighted by Crippen LogP contribution is 2.33. The summed E-state index contributed by atoms with van der Waals surface area (Å²) in [5.74, 6) is -0.131. The van der Waals surface area contributed by atoms with Crippen LogP contribution < -0.4 is 5.32 Å². The van der Waals surface area contributed by atoms with Crippen molar-refractivity contribution in [3.05, 3.63) is 42.5 Å². The first kappa shape index (κ1) is 21.4. The summed E-state index contributed by atoms with van der Waals surface area (Å²) in [6.07, 6.45) is 4.40. The molecule has 1 spiro atoms. The summed E-state index contributed by atoms with van der Waals surface area (Å²) in [5, 5.41) is 4.82. The summed E-state index contributed by atoms with van der Waals surface area (Å²) in [6.45, 7) is 1.79. The SMILES string of the molecule is O=C1NC2(CCCCC2)C(=O)N1CN1CCN(S(=O)(=O)c2ccc3ccccc3c2)CC1. The number of hydrogen-bond donors (Lipinski definition) is 1. The van der Waals surface area contributed by atoms with Crippen LogP contribution in [0.1, 0.15) is 32.1 Å². The number of amides is 3. The van der Waals surface area contributed by atoms with Crippen LogP contribution in [0.15, 0.2) is 47.4 Å². The number of rotatable bonds is 4. The fourth-order valence-electron chi connectivity index (χ4n) is 5.09. The van der Waals surface area contributed by atoms with Crippen molar-refractivity contribution in [3.63, 3.8) is 0 Å². The van der Waals surface area contributed by atoms with Crippen LogP contribution in [-0.2, 0) is 14.8 Å². The molecule has 2 aromatic rings. The van der Waals surface area contributed by atoms with Crippen LogP contribution >= 0.6 is 0 Å². The molecular formula is C23H28N4O4S. The van der Waals surface area contributed by atoms with Gasteiger partial charge in [-0.05, 0) is 35.7 Å². The van der Waals surface area contributed by atoms with Crippen LogP contribution in [0.3, 0.4) is 0 Å². The van der Waals surface area contributed by atoms with Crippen LogP contribution in [0.5, 0.6) is 0 Å². The van der Waals surface area contributed by atoms with Gasteiger partial charge in [-0.2, -0.15) is 4.31 Å². The maximum Gasteiger partial charge on any atom is 0.326 e. The smallest absolute Gasteiger partial charge is 0.323 e. The lowest BCUT2D eigenvalue weighted by Gasteiger charge is -2.35. The second kappa shape index (κ2) is 8.13. The second-order valence-electron chi connectivity index (χ2n) is 8.98. The molecular weight excluding hydrogens is 428 g/mol. The molecule has 2 saturated heterocycles. The molecule has 0 radical (unpaired) electrons. The molecule has 32 heavy (non-hydrogen) atoms. The lowest BCUT2D eigenvalue weighted by Crippen LogP contribution is -2.53. The van der Waals surface area contributed by atoms with E-state index in [1.54, 1.807) is 12.1 Å². The Balaban J connectivity index is 1.24. The van der Waals surface area contributed by atoms with Crippen molar-refractivity contribution in [2.24, 2.45) is 0 Å². The highest BCUT2D eigenvalue weighted by Gasteiger charge is 2.51. The molecule has 3 amide bonds. The first-order valence-corrected chi connectivity index (χ1v) is 12.7. The molecule has 2 aliphatic heterocycles. The maximum atomic E-state index is 13.2. The van der Waals surface area contributed by atoms with E-state index in [-0.39, 0.29) is 23.5 Å². The van der Waals surface area contributed by atoms with Gasteiger partial charge in [0.15, 0.2) is 0 Å². The Hall–Kier alpha value is -2.49. The van der Waals surface area contributed by atoms with E-state index >= 15 is 0 Å². The zero-order valence-corrected chi connectivity index (χ0v) is 18.8. The monoisotopic (exact) mass is 456 g/mol. The van der Waals surface area contributed by atoms with Gasteiger partial charge in [-0.25, -0.2) is 18.1 Å². The zero-order valence-electron chi connectivity index (χ0n) is 18.0. The predicted molar refractivity (Wildman–Crippen MR) is 120 cm³/mol. The maximum absolute atomic E-state index is 13.2. The van der Waals surface area contributed by atoms with Crippen molar-refractivity contribution < 1.29 is 18.0 Å². The second-order valence-corrected chi connectivity index (χ2v) is 10.9. The third-order valence-electron chi connectivity index (χ3n) is 6.98. The Labute approximate surface area is 188 Å². The minimum Gasteiger partial charge on any atom is -0.323 e. The van der Waals surface area contributed by atoms with E-state index in [1.807, 2.05) is 35.2 Å². The number of hydrogen-bond acceptors (Lipinski definition) is 5.